The predicted molar refractivity (Wildman–Crippen MR) is 80.0 cm³/mol. The number of ether oxygens (including phenoxy) is 2. The molecule has 0 radical (unpaired) electrons. The van der Waals surface area contributed by atoms with Crippen LogP contribution in [0.25, 0.3) is 0 Å². The van der Waals surface area contributed by atoms with Crippen molar-refractivity contribution in [2.75, 3.05) is 39.5 Å². The van der Waals surface area contributed by atoms with Crippen LogP contribution in [0.2, 0.25) is 0 Å². The van der Waals surface area contributed by atoms with Crippen LogP contribution < -0.4 is 0 Å². The van der Waals surface area contributed by atoms with Crippen LogP contribution in [0.3, 0.4) is 0 Å². The quantitative estimate of drug-likeness (QED) is 0.658. The zero-order valence-electron chi connectivity index (χ0n) is 13.0. The van der Waals surface area contributed by atoms with Gasteiger partial charge in [0.15, 0.2) is 0 Å². The molecule has 0 spiro atoms. The SMILES string of the molecule is CCOCCN(CCOCC)C(=O)c1cccc(C)c1F. The molecule has 118 valence electrons. The van der Waals surface area contributed by atoms with Crippen molar-refractivity contribution in [2.24, 2.45) is 0 Å². The van der Waals surface area contributed by atoms with Gasteiger partial charge in [-0.3, -0.25) is 4.79 Å². The third kappa shape index (κ3) is 5.44. The Balaban J connectivity index is 2.79. The summed E-state index contributed by atoms with van der Waals surface area (Å²) in [6, 6.07) is 4.85. The van der Waals surface area contributed by atoms with Gasteiger partial charge in [-0.15, -0.1) is 0 Å². The monoisotopic (exact) mass is 297 g/mol. The largest absolute Gasteiger partial charge is 0.380 e. The minimum atomic E-state index is -0.458. The third-order valence-electron chi connectivity index (χ3n) is 3.13. The summed E-state index contributed by atoms with van der Waals surface area (Å²) in [6.45, 7) is 8.33. The summed E-state index contributed by atoms with van der Waals surface area (Å²) in [5, 5.41) is 0. The third-order valence-corrected chi connectivity index (χ3v) is 3.13. The number of carbonyl (C=O) groups excluding carboxylic acids is 1. The Morgan fingerprint density at radius 2 is 1.71 bits per heavy atom. The highest BCUT2D eigenvalue weighted by atomic mass is 19.1. The minimum Gasteiger partial charge on any atom is -0.380 e. The molecule has 5 heteroatoms. The van der Waals surface area contributed by atoms with E-state index in [-0.39, 0.29) is 11.5 Å². The molecule has 0 bridgehead atoms. The number of nitrogens with zero attached hydrogens (tertiary/aromatic N) is 1. The molecule has 0 aliphatic heterocycles. The molecule has 1 aromatic rings. The summed E-state index contributed by atoms with van der Waals surface area (Å²) in [5.74, 6) is -0.782. The van der Waals surface area contributed by atoms with Crippen LogP contribution in [0, 0.1) is 12.7 Å². The molecule has 0 atom stereocenters. The zero-order valence-corrected chi connectivity index (χ0v) is 13.0. The van der Waals surface area contributed by atoms with Crippen LogP contribution >= 0.6 is 0 Å². The van der Waals surface area contributed by atoms with Gasteiger partial charge in [0.1, 0.15) is 5.82 Å². The van der Waals surface area contributed by atoms with E-state index in [1.165, 1.54) is 6.07 Å². The highest BCUT2D eigenvalue weighted by Gasteiger charge is 2.19. The fraction of sp³-hybridized carbons (Fsp3) is 0.562. The first-order valence-corrected chi connectivity index (χ1v) is 7.31. The maximum absolute atomic E-state index is 14.1. The number of hydrogen-bond acceptors (Lipinski definition) is 3. The van der Waals surface area contributed by atoms with E-state index in [4.69, 9.17) is 9.47 Å². The Bertz CT molecular complexity index is 441. The molecular weight excluding hydrogens is 273 g/mol. The van der Waals surface area contributed by atoms with Crippen molar-refractivity contribution in [1.29, 1.82) is 0 Å². The number of amides is 1. The van der Waals surface area contributed by atoms with E-state index in [2.05, 4.69) is 0 Å². The number of rotatable bonds is 9. The van der Waals surface area contributed by atoms with Gasteiger partial charge >= 0.3 is 0 Å². The highest BCUT2D eigenvalue weighted by molar-refractivity contribution is 5.94. The van der Waals surface area contributed by atoms with E-state index in [1.807, 2.05) is 13.8 Å². The molecule has 0 N–H and O–H groups in total. The molecule has 0 heterocycles. The number of halogens is 1. The number of carbonyl (C=O) groups is 1. The van der Waals surface area contributed by atoms with Crippen molar-refractivity contribution < 1.29 is 18.7 Å². The van der Waals surface area contributed by atoms with Gasteiger partial charge in [-0.25, -0.2) is 4.39 Å². The lowest BCUT2D eigenvalue weighted by Gasteiger charge is -2.23. The average Bonchev–Trinajstić information content (AvgIpc) is 2.48. The Kier molecular flexibility index (Phi) is 7.93. The summed E-state index contributed by atoms with van der Waals surface area (Å²) in [6.07, 6.45) is 0. The molecule has 0 saturated heterocycles. The van der Waals surface area contributed by atoms with Gasteiger partial charge in [-0.05, 0) is 32.4 Å². The molecule has 1 aromatic carbocycles. The van der Waals surface area contributed by atoms with E-state index >= 15 is 0 Å². The van der Waals surface area contributed by atoms with Crippen LogP contribution in [-0.2, 0) is 9.47 Å². The smallest absolute Gasteiger partial charge is 0.256 e. The van der Waals surface area contributed by atoms with Crippen molar-refractivity contribution in [1.82, 2.24) is 4.90 Å². The standard InChI is InChI=1S/C16H24FNO3/c1-4-20-11-9-18(10-12-21-5-2)16(19)14-8-6-7-13(3)15(14)17/h6-8H,4-5,9-12H2,1-3H3. The first kappa shape index (κ1) is 17.6. The minimum absolute atomic E-state index is 0.1000. The second-order valence-corrected chi connectivity index (χ2v) is 4.62. The molecule has 4 nitrogen and oxygen atoms in total. The average molecular weight is 297 g/mol. The van der Waals surface area contributed by atoms with E-state index in [9.17, 15) is 9.18 Å². The Morgan fingerprint density at radius 1 is 1.14 bits per heavy atom. The van der Waals surface area contributed by atoms with Crippen LogP contribution in [0.4, 0.5) is 4.39 Å². The highest BCUT2D eigenvalue weighted by Crippen LogP contribution is 2.14. The summed E-state index contributed by atoms with van der Waals surface area (Å²) in [7, 11) is 0. The normalized spacial score (nSPS) is 10.7. The number of benzene rings is 1. The lowest BCUT2D eigenvalue weighted by Crippen LogP contribution is -2.37. The molecule has 0 aliphatic carbocycles. The van der Waals surface area contributed by atoms with Gasteiger partial charge in [-0.1, -0.05) is 12.1 Å². The molecule has 21 heavy (non-hydrogen) atoms. The van der Waals surface area contributed by atoms with Crippen molar-refractivity contribution in [3.05, 3.63) is 35.1 Å². The van der Waals surface area contributed by atoms with Crippen LogP contribution in [0.15, 0.2) is 18.2 Å². The zero-order chi connectivity index (χ0) is 15.7. The number of hydrogen-bond donors (Lipinski definition) is 0. The van der Waals surface area contributed by atoms with E-state index in [0.29, 0.717) is 45.1 Å². The summed E-state index contributed by atoms with van der Waals surface area (Å²) < 4.78 is 24.6. The van der Waals surface area contributed by atoms with Gasteiger partial charge < -0.3 is 14.4 Å². The summed E-state index contributed by atoms with van der Waals surface area (Å²) >= 11 is 0. The molecular formula is C16H24FNO3. The molecule has 0 aromatic heterocycles. The fourth-order valence-corrected chi connectivity index (χ4v) is 1.94. The summed E-state index contributed by atoms with van der Waals surface area (Å²) in [5.41, 5.74) is 0.568. The van der Waals surface area contributed by atoms with Crippen molar-refractivity contribution in [2.45, 2.75) is 20.8 Å². The molecule has 1 rings (SSSR count). The van der Waals surface area contributed by atoms with E-state index < -0.39 is 5.82 Å². The van der Waals surface area contributed by atoms with E-state index in [0.717, 1.165) is 0 Å². The molecule has 0 unspecified atom stereocenters. The maximum atomic E-state index is 14.1. The van der Waals surface area contributed by atoms with Gasteiger partial charge in [-0.2, -0.15) is 0 Å². The van der Waals surface area contributed by atoms with Gasteiger partial charge in [0, 0.05) is 26.3 Å². The first-order chi connectivity index (χ1) is 10.1. The van der Waals surface area contributed by atoms with Gasteiger partial charge in [0.05, 0.1) is 18.8 Å². The second kappa shape index (κ2) is 9.47. The Morgan fingerprint density at radius 3 is 2.24 bits per heavy atom. The molecule has 1 amide bonds. The first-order valence-electron chi connectivity index (χ1n) is 7.31. The Labute approximate surface area is 125 Å². The molecule has 0 saturated carbocycles. The fourth-order valence-electron chi connectivity index (χ4n) is 1.94. The topological polar surface area (TPSA) is 38.8 Å². The van der Waals surface area contributed by atoms with Crippen molar-refractivity contribution in [3.8, 4) is 0 Å². The van der Waals surface area contributed by atoms with Crippen LogP contribution in [0.5, 0.6) is 0 Å². The van der Waals surface area contributed by atoms with Gasteiger partial charge in [0.2, 0.25) is 0 Å². The van der Waals surface area contributed by atoms with Crippen molar-refractivity contribution in [3.63, 3.8) is 0 Å². The van der Waals surface area contributed by atoms with E-state index in [1.54, 1.807) is 24.0 Å². The lowest BCUT2D eigenvalue weighted by molar-refractivity contribution is 0.0546. The van der Waals surface area contributed by atoms with Crippen LogP contribution in [0.1, 0.15) is 29.8 Å². The lowest BCUT2D eigenvalue weighted by atomic mass is 10.1. The van der Waals surface area contributed by atoms with Crippen molar-refractivity contribution >= 4 is 5.91 Å². The predicted octanol–water partition coefficient (Wildman–Crippen LogP) is 2.65. The van der Waals surface area contributed by atoms with Crippen LogP contribution in [-0.4, -0.2) is 50.3 Å². The Hall–Kier alpha value is -1.46. The maximum Gasteiger partial charge on any atom is 0.256 e. The second-order valence-electron chi connectivity index (χ2n) is 4.62. The molecule has 0 aliphatic rings. The van der Waals surface area contributed by atoms with Gasteiger partial charge in [0.25, 0.3) is 5.91 Å². The summed E-state index contributed by atoms with van der Waals surface area (Å²) in [4.78, 5) is 14.1. The number of aryl methyl sites for hydroxylation is 1. The molecule has 0 fully saturated rings.